The lowest BCUT2D eigenvalue weighted by atomic mass is 10.2. The monoisotopic (exact) mass is 278 g/mol. The van der Waals surface area contributed by atoms with Crippen LogP contribution in [0.2, 0.25) is 0 Å². The number of nitrogens with one attached hydrogen (secondary N) is 1. The lowest BCUT2D eigenvalue weighted by Gasteiger charge is -2.08. The number of rotatable bonds is 4. The zero-order chi connectivity index (χ0) is 14.5. The second kappa shape index (κ2) is 6.10. The number of anilines is 2. The number of halogens is 2. The molecule has 0 spiro atoms. The van der Waals surface area contributed by atoms with Gasteiger partial charge in [0.25, 0.3) is 0 Å². The summed E-state index contributed by atoms with van der Waals surface area (Å²) >= 11 is 0. The number of hydrogen-bond donors (Lipinski definition) is 1. The summed E-state index contributed by atoms with van der Waals surface area (Å²) in [6.07, 6.45) is 1.34. The molecule has 1 N–H and O–H groups in total. The summed E-state index contributed by atoms with van der Waals surface area (Å²) in [6, 6.07) is 6.79. The van der Waals surface area contributed by atoms with E-state index in [-0.39, 0.29) is 18.0 Å². The molecule has 0 aliphatic heterocycles. The van der Waals surface area contributed by atoms with Crippen LogP contribution in [0, 0.1) is 11.6 Å². The summed E-state index contributed by atoms with van der Waals surface area (Å²) in [4.78, 5) is 15.3. The van der Waals surface area contributed by atoms with Gasteiger partial charge in [-0.3, -0.25) is 0 Å². The summed E-state index contributed by atoms with van der Waals surface area (Å²) in [5, 5.41) is 2.68. The summed E-state index contributed by atoms with van der Waals surface area (Å²) < 4.78 is 31.3. The molecule has 2 rings (SSSR count). The highest BCUT2D eigenvalue weighted by molar-refractivity contribution is 5.87. The Kier molecular flexibility index (Phi) is 4.24. The first kappa shape index (κ1) is 13.9. The summed E-state index contributed by atoms with van der Waals surface area (Å²) in [5.74, 6) is -2.44. The molecule has 0 unspecified atom stereocenters. The molecule has 0 saturated carbocycles. The Morgan fingerprint density at radius 1 is 1.30 bits per heavy atom. The molecule has 6 heteroatoms. The highest BCUT2D eigenvalue weighted by atomic mass is 19.2. The van der Waals surface area contributed by atoms with Crippen LogP contribution < -0.4 is 5.32 Å². The highest BCUT2D eigenvalue weighted by Gasteiger charge is 2.10. The van der Waals surface area contributed by atoms with E-state index in [9.17, 15) is 13.6 Å². The maximum absolute atomic E-state index is 13.5. The van der Waals surface area contributed by atoms with Gasteiger partial charge in [-0.25, -0.2) is 18.6 Å². The molecule has 1 heterocycles. The van der Waals surface area contributed by atoms with Crippen LogP contribution in [0.4, 0.5) is 20.2 Å². The van der Waals surface area contributed by atoms with Crippen molar-refractivity contribution in [3.05, 3.63) is 53.9 Å². The van der Waals surface area contributed by atoms with Crippen molar-refractivity contribution in [1.29, 1.82) is 0 Å². The van der Waals surface area contributed by atoms with Crippen molar-refractivity contribution < 1.29 is 18.3 Å². The fourth-order valence-corrected chi connectivity index (χ4v) is 1.55. The first-order chi connectivity index (χ1) is 9.61. The molecule has 0 aliphatic rings. The number of pyridine rings is 1. The van der Waals surface area contributed by atoms with Gasteiger partial charge >= 0.3 is 5.97 Å². The summed E-state index contributed by atoms with van der Waals surface area (Å²) in [5.41, 5.74) is 0.579. The van der Waals surface area contributed by atoms with Gasteiger partial charge in [-0.05, 0) is 31.2 Å². The molecule has 1 aromatic carbocycles. The average molecular weight is 278 g/mol. The molecule has 0 bridgehead atoms. The van der Waals surface area contributed by atoms with Crippen LogP contribution in [0.15, 0.2) is 36.5 Å². The van der Waals surface area contributed by atoms with Crippen LogP contribution >= 0.6 is 0 Å². The van der Waals surface area contributed by atoms with Crippen molar-refractivity contribution >= 4 is 17.3 Å². The first-order valence-electron chi connectivity index (χ1n) is 5.96. The van der Waals surface area contributed by atoms with Gasteiger partial charge in [0.1, 0.15) is 5.69 Å². The fraction of sp³-hybridized carbons (Fsp3) is 0.143. The van der Waals surface area contributed by atoms with Crippen molar-refractivity contribution in [2.45, 2.75) is 6.92 Å². The molecule has 0 aliphatic carbocycles. The van der Waals surface area contributed by atoms with Gasteiger partial charge in [0.15, 0.2) is 11.6 Å². The Labute approximate surface area is 114 Å². The zero-order valence-electron chi connectivity index (χ0n) is 10.7. The van der Waals surface area contributed by atoms with Gasteiger partial charge in [-0.2, -0.15) is 0 Å². The number of carbonyl (C=O) groups excluding carboxylic acids is 1. The second-order valence-electron chi connectivity index (χ2n) is 3.88. The molecular formula is C14H12F2N2O2. The Hall–Kier alpha value is -2.50. The minimum atomic E-state index is -0.970. The van der Waals surface area contributed by atoms with Gasteiger partial charge < -0.3 is 10.1 Å². The molecule has 4 nitrogen and oxygen atoms in total. The normalized spacial score (nSPS) is 10.2. The Bertz CT molecular complexity index is 615. The van der Waals surface area contributed by atoms with Crippen molar-refractivity contribution in [2.75, 3.05) is 11.9 Å². The van der Waals surface area contributed by atoms with E-state index in [4.69, 9.17) is 4.74 Å². The number of nitrogens with zero attached hydrogens (tertiary/aromatic N) is 1. The van der Waals surface area contributed by atoms with Gasteiger partial charge in [0, 0.05) is 0 Å². The van der Waals surface area contributed by atoms with E-state index in [0.717, 1.165) is 6.07 Å². The zero-order valence-corrected chi connectivity index (χ0v) is 10.7. The maximum atomic E-state index is 13.5. The molecule has 0 amide bonds. The third-order valence-electron chi connectivity index (χ3n) is 2.48. The molecule has 104 valence electrons. The maximum Gasteiger partial charge on any atom is 0.356 e. The lowest BCUT2D eigenvalue weighted by molar-refractivity contribution is 0.0519. The minimum absolute atomic E-state index is 0.00400. The second-order valence-corrected chi connectivity index (χ2v) is 3.88. The van der Waals surface area contributed by atoms with Crippen LogP contribution in [0.5, 0.6) is 0 Å². The fourth-order valence-electron chi connectivity index (χ4n) is 1.55. The largest absolute Gasteiger partial charge is 0.461 e. The van der Waals surface area contributed by atoms with Crippen LogP contribution in [0.3, 0.4) is 0 Å². The van der Waals surface area contributed by atoms with Crippen molar-refractivity contribution in [3.8, 4) is 0 Å². The smallest absolute Gasteiger partial charge is 0.356 e. The topological polar surface area (TPSA) is 51.2 Å². The summed E-state index contributed by atoms with van der Waals surface area (Å²) in [6.45, 7) is 1.95. The Morgan fingerprint density at radius 2 is 2.10 bits per heavy atom. The third-order valence-corrected chi connectivity index (χ3v) is 2.48. The number of benzene rings is 1. The average Bonchev–Trinajstić information content (AvgIpc) is 2.45. The predicted octanol–water partition coefficient (Wildman–Crippen LogP) is 3.28. The molecule has 0 radical (unpaired) electrons. The minimum Gasteiger partial charge on any atom is -0.461 e. The molecule has 2 aromatic rings. The Balaban J connectivity index is 2.15. The van der Waals surface area contributed by atoms with Gasteiger partial charge in [0.2, 0.25) is 0 Å². The summed E-state index contributed by atoms with van der Waals surface area (Å²) in [7, 11) is 0. The van der Waals surface area contributed by atoms with Crippen LogP contribution in [0.25, 0.3) is 0 Å². The quantitative estimate of drug-likeness (QED) is 0.872. The van der Waals surface area contributed by atoms with Gasteiger partial charge in [-0.15, -0.1) is 0 Å². The third kappa shape index (κ3) is 3.09. The number of ether oxygens (including phenoxy) is 1. The van der Waals surface area contributed by atoms with Crippen LogP contribution in [0.1, 0.15) is 17.4 Å². The van der Waals surface area contributed by atoms with Gasteiger partial charge in [-0.1, -0.05) is 6.07 Å². The van der Waals surface area contributed by atoms with E-state index in [1.807, 2.05) is 0 Å². The number of aromatic nitrogens is 1. The first-order valence-corrected chi connectivity index (χ1v) is 5.96. The highest BCUT2D eigenvalue weighted by Crippen LogP contribution is 2.21. The van der Waals surface area contributed by atoms with Crippen molar-refractivity contribution in [3.63, 3.8) is 0 Å². The predicted molar refractivity (Wildman–Crippen MR) is 69.8 cm³/mol. The molecule has 1 aromatic heterocycles. The number of carbonyl (C=O) groups is 1. The molecular weight excluding hydrogens is 266 g/mol. The van der Waals surface area contributed by atoms with Crippen molar-refractivity contribution in [2.24, 2.45) is 0 Å². The van der Waals surface area contributed by atoms with E-state index in [2.05, 4.69) is 10.3 Å². The Morgan fingerprint density at radius 3 is 2.75 bits per heavy atom. The lowest BCUT2D eigenvalue weighted by Crippen LogP contribution is -2.07. The molecule has 20 heavy (non-hydrogen) atoms. The van der Waals surface area contributed by atoms with Crippen molar-refractivity contribution in [1.82, 2.24) is 4.98 Å². The van der Waals surface area contributed by atoms with E-state index in [1.165, 1.54) is 30.5 Å². The van der Waals surface area contributed by atoms with E-state index >= 15 is 0 Å². The molecule has 0 atom stereocenters. The standard InChI is InChI=1S/C14H12F2N2O2/c1-2-20-14(19)12-7-6-9(8-17-12)18-11-5-3-4-10(15)13(11)16/h3-8,18H,2H2,1H3. The van der Waals surface area contributed by atoms with Crippen LogP contribution in [-0.4, -0.2) is 17.6 Å². The molecule has 0 saturated heterocycles. The van der Waals surface area contributed by atoms with E-state index < -0.39 is 17.6 Å². The van der Waals surface area contributed by atoms with E-state index in [1.54, 1.807) is 6.92 Å². The SMILES string of the molecule is CCOC(=O)c1ccc(Nc2cccc(F)c2F)cn1. The molecule has 0 fully saturated rings. The van der Waals surface area contributed by atoms with E-state index in [0.29, 0.717) is 5.69 Å². The van der Waals surface area contributed by atoms with Gasteiger partial charge in [0.05, 0.1) is 24.2 Å². The van der Waals surface area contributed by atoms with Crippen LogP contribution in [-0.2, 0) is 4.74 Å². The number of hydrogen-bond acceptors (Lipinski definition) is 4. The number of esters is 1.